The summed E-state index contributed by atoms with van der Waals surface area (Å²) in [6.07, 6.45) is 1.44. The van der Waals surface area contributed by atoms with Crippen LogP contribution in [0.2, 0.25) is 0 Å². The van der Waals surface area contributed by atoms with Gasteiger partial charge in [-0.15, -0.1) is 0 Å². The summed E-state index contributed by atoms with van der Waals surface area (Å²) in [7, 11) is 9.55. The van der Waals surface area contributed by atoms with E-state index in [0.717, 1.165) is 41.8 Å². The SMILES string of the molecule is CC[C@H](C)[C@@H](CN(C)C)NC(=O)c1cc(-c2cccc(CN3O[C@H](CO)[C@@H]([C@H](C)O)[C@H]3C(=O)N[C@H]3C[C@H]4C[C@@H]([C@@H]3C)C4(C)C)c2OC)cc(N(C)C)c1. The smallest absolute Gasteiger partial charge is 0.251 e. The summed E-state index contributed by atoms with van der Waals surface area (Å²) in [5.74, 6) is 1.40. The second-order valence-corrected chi connectivity index (χ2v) is 17.1. The minimum atomic E-state index is -0.895. The largest absolute Gasteiger partial charge is 0.496 e. The number of amides is 2. The topological polar surface area (TPSA) is 127 Å². The third-order valence-corrected chi connectivity index (χ3v) is 12.9. The summed E-state index contributed by atoms with van der Waals surface area (Å²) < 4.78 is 6.09. The fourth-order valence-corrected chi connectivity index (χ4v) is 9.28. The number of nitrogens with one attached hydrogen (secondary N) is 2. The molecule has 53 heavy (non-hydrogen) atoms. The average Bonchev–Trinajstić information content (AvgIpc) is 3.49. The maximum atomic E-state index is 14.3. The predicted octanol–water partition coefficient (Wildman–Crippen LogP) is 4.79. The van der Waals surface area contributed by atoms with Gasteiger partial charge in [-0.1, -0.05) is 59.2 Å². The van der Waals surface area contributed by atoms with Crippen LogP contribution in [-0.4, -0.2) is 111 Å². The normalized spacial score (nSPS) is 28.2. The highest BCUT2D eigenvalue weighted by molar-refractivity contribution is 5.97. The zero-order valence-electron chi connectivity index (χ0n) is 33.8. The van der Waals surface area contributed by atoms with Crippen LogP contribution in [0.1, 0.15) is 76.7 Å². The van der Waals surface area contributed by atoms with Crippen LogP contribution in [0.15, 0.2) is 36.4 Å². The van der Waals surface area contributed by atoms with Crippen molar-refractivity contribution < 1.29 is 29.4 Å². The maximum absolute atomic E-state index is 14.3. The molecule has 11 nitrogen and oxygen atoms in total. The molecular weight excluding hydrogens is 670 g/mol. The number of aliphatic hydroxyl groups is 2. The van der Waals surface area contributed by atoms with Crippen molar-refractivity contribution in [3.05, 3.63) is 47.5 Å². The van der Waals surface area contributed by atoms with Gasteiger partial charge in [-0.05, 0) is 86.7 Å². The van der Waals surface area contributed by atoms with Crippen LogP contribution in [0.25, 0.3) is 11.1 Å². The summed E-state index contributed by atoms with van der Waals surface area (Å²) in [5.41, 5.74) is 4.08. The van der Waals surface area contributed by atoms with Gasteiger partial charge in [-0.3, -0.25) is 14.4 Å². The Bertz CT molecular complexity index is 1600. The van der Waals surface area contributed by atoms with Gasteiger partial charge in [-0.25, -0.2) is 0 Å². The lowest BCUT2D eigenvalue weighted by molar-refractivity contribution is -0.183. The molecule has 3 saturated carbocycles. The lowest BCUT2D eigenvalue weighted by Crippen LogP contribution is -2.62. The minimum Gasteiger partial charge on any atom is -0.496 e. The Hall–Kier alpha value is -3.22. The molecule has 6 rings (SSSR count). The standard InChI is InChI=1S/C42H65N5O6/c1-12-24(2)35(22-45(7)8)44-40(50)29-16-28(17-31(18-29)46(9)10)32-15-13-14-27(39(32)52-11)21-47-38(37(26(4)49)36(23-48)53-47)41(51)43-34-20-30-19-33(25(34)3)42(30,5)6/h13-18,24-26,30,33-38,48-49H,12,19-23H2,1-11H3,(H,43,51)(H,44,50)/t24-,25-,26-,30+,33-,34-,35+,36+,37+,38-/m0/s1. The number of methoxy groups -OCH3 is 1. The van der Waals surface area contributed by atoms with E-state index in [1.54, 1.807) is 19.1 Å². The van der Waals surface area contributed by atoms with E-state index in [2.05, 4.69) is 50.2 Å². The van der Waals surface area contributed by atoms with E-state index in [-0.39, 0.29) is 42.5 Å². The molecule has 10 atom stereocenters. The van der Waals surface area contributed by atoms with E-state index in [0.29, 0.717) is 35.0 Å². The van der Waals surface area contributed by atoms with E-state index >= 15 is 0 Å². The van der Waals surface area contributed by atoms with Gasteiger partial charge in [0, 0.05) is 61.0 Å². The van der Waals surface area contributed by atoms with E-state index < -0.39 is 24.2 Å². The first kappa shape index (κ1) is 41.0. The third-order valence-electron chi connectivity index (χ3n) is 12.9. The van der Waals surface area contributed by atoms with Crippen molar-refractivity contribution >= 4 is 17.5 Å². The monoisotopic (exact) mass is 735 g/mol. The third kappa shape index (κ3) is 8.39. The Kier molecular flexibility index (Phi) is 12.9. The quantitative estimate of drug-likeness (QED) is 0.204. The first-order valence-electron chi connectivity index (χ1n) is 19.5. The zero-order chi connectivity index (χ0) is 38.9. The van der Waals surface area contributed by atoms with E-state index in [9.17, 15) is 19.8 Å². The molecule has 0 radical (unpaired) electrons. The van der Waals surface area contributed by atoms with Crippen LogP contribution in [0, 0.1) is 35.0 Å². The summed E-state index contributed by atoms with van der Waals surface area (Å²) >= 11 is 0. The molecule has 4 N–H and O–H groups in total. The number of benzene rings is 2. The molecule has 2 aromatic rings. The number of fused-ring (bicyclic) bond motifs is 2. The Balaban J connectivity index is 1.45. The summed E-state index contributed by atoms with van der Waals surface area (Å²) in [6, 6.07) is 10.9. The number of hydroxylamine groups is 2. The number of hydrogen-bond donors (Lipinski definition) is 4. The highest BCUT2D eigenvalue weighted by atomic mass is 16.7. The number of rotatable bonds is 15. The number of ether oxygens (including phenoxy) is 1. The van der Waals surface area contributed by atoms with Crippen LogP contribution in [0.5, 0.6) is 5.75 Å². The van der Waals surface area contributed by atoms with E-state index in [1.165, 1.54) is 6.42 Å². The molecule has 2 bridgehead atoms. The van der Waals surface area contributed by atoms with Crippen LogP contribution in [0.3, 0.4) is 0 Å². The van der Waals surface area contributed by atoms with Gasteiger partial charge >= 0.3 is 0 Å². The lowest BCUT2D eigenvalue weighted by Gasteiger charge is -2.62. The van der Waals surface area contributed by atoms with Gasteiger partial charge in [0.05, 0.1) is 26.4 Å². The maximum Gasteiger partial charge on any atom is 0.251 e. The molecule has 0 unspecified atom stereocenters. The van der Waals surface area contributed by atoms with Crippen molar-refractivity contribution in [2.75, 3.05) is 53.4 Å². The molecule has 294 valence electrons. The van der Waals surface area contributed by atoms with Crippen LogP contribution >= 0.6 is 0 Å². The van der Waals surface area contributed by atoms with Crippen LogP contribution in [-0.2, 0) is 16.2 Å². The van der Waals surface area contributed by atoms with Crippen molar-refractivity contribution in [3.8, 4) is 16.9 Å². The Morgan fingerprint density at radius 2 is 1.83 bits per heavy atom. The van der Waals surface area contributed by atoms with E-state index in [1.807, 2.05) is 69.5 Å². The van der Waals surface area contributed by atoms with Crippen molar-refractivity contribution in [2.45, 2.75) is 97.7 Å². The number of likely N-dealkylation sites (N-methyl/N-ethyl adjacent to an activating group) is 1. The van der Waals surface area contributed by atoms with Crippen LogP contribution in [0.4, 0.5) is 5.69 Å². The highest BCUT2D eigenvalue weighted by Gasteiger charge is 2.57. The number of para-hydroxylation sites is 1. The summed E-state index contributed by atoms with van der Waals surface area (Å²) in [4.78, 5) is 38.5. The first-order valence-corrected chi connectivity index (χ1v) is 19.5. The fourth-order valence-electron chi connectivity index (χ4n) is 9.28. The second kappa shape index (κ2) is 16.7. The molecule has 11 heteroatoms. The molecule has 4 aliphatic rings. The van der Waals surface area contributed by atoms with Crippen molar-refractivity contribution in [2.24, 2.45) is 35.0 Å². The van der Waals surface area contributed by atoms with Crippen molar-refractivity contribution in [1.29, 1.82) is 0 Å². The highest BCUT2D eigenvalue weighted by Crippen LogP contribution is 2.61. The van der Waals surface area contributed by atoms with Gasteiger partial charge in [0.2, 0.25) is 5.91 Å². The molecule has 3 aliphatic carbocycles. The first-order chi connectivity index (χ1) is 25.0. The van der Waals surface area contributed by atoms with Gasteiger partial charge in [0.1, 0.15) is 17.9 Å². The molecule has 0 aromatic heterocycles. The number of carbonyl (C=O) groups is 2. The second-order valence-electron chi connectivity index (χ2n) is 17.1. The van der Waals surface area contributed by atoms with Gasteiger partial charge < -0.3 is 35.4 Å². The van der Waals surface area contributed by atoms with Gasteiger partial charge in [0.25, 0.3) is 5.91 Å². The molecule has 1 heterocycles. The number of carbonyl (C=O) groups excluding carboxylic acids is 2. The predicted molar refractivity (Wildman–Crippen MR) is 210 cm³/mol. The molecule has 1 aliphatic heterocycles. The lowest BCUT2D eigenvalue weighted by atomic mass is 9.45. The van der Waals surface area contributed by atoms with Crippen LogP contribution < -0.4 is 20.3 Å². The Morgan fingerprint density at radius 1 is 1.11 bits per heavy atom. The van der Waals surface area contributed by atoms with E-state index in [4.69, 9.17) is 9.57 Å². The Labute approximate surface area is 317 Å². The number of aliphatic hydroxyl groups excluding tert-OH is 2. The average molecular weight is 736 g/mol. The Morgan fingerprint density at radius 3 is 2.40 bits per heavy atom. The summed E-state index contributed by atoms with van der Waals surface area (Å²) in [5, 5.41) is 29.6. The fraction of sp³-hybridized carbons (Fsp3) is 0.667. The molecule has 4 fully saturated rings. The van der Waals surface area contributed by atoms with Crippen molar-refractivity contribution in [3.63, 3.8) is 0 Å². The number of hydrogen-bond acceptors (Lipinski definition) is 9. The molecule has 0 spiro atoms. The molecule has 2 amide bonds. The van der Waals surface area contributed by atoms with Crippen molar-refractivity contribution in [1.82, 2.24) is 20.6 Å². The van der Waals surface area contributed by atoms with Gasteiger partial charge in [0.15, 0.2) is 0 Å². The molecule has 2 aromatic carbocycles. The summed E-state index contributed by atoms with van der Waals surface area (Å²) in [6.45, 7) is 13.4. The number of nitrogens with zero attached hydrogens (tertiary/aromatic N) is 3. The zero-order valence-corrected chi connectivity index (χ0v) is 33.8. The molecule has 1 saturated heterocycles. The molecular formula is C42H65N5O6. The van der Waals surface area contributed by atoms with Gasteiger partial charge in [-0.2, -0.15) is 5.06 Å². The number of anilines is 1. The minimum absolute atomic E-state index is 0.00972.